The van der Waals surface area contributed by atoms with Gasteiger partial charge in [-0.15, -0.1) is 6.58 Å². The number of hydrogen-bond acceptors (Lipinski definition) is 1. The Balaban J connectivity index is 1.62. The lowest BCUT2D eigenvalue weighted by Crippen LogP contribution is -2.52. The molecule has 0 amide bonds. The molecule has 0 aromatic carbocycles. The van der Waals surface area contributed by atoms with Gasteiger partial charge in [0, 0.05) is 0 Å². The van der Waals surface area contributed by atoms with Crippen molar-refractivity contribution in [3.05, 3.63) is 24.3 Å². The summed E-state index contributed by atoms with van der Waals surface area (Å²) in [6.07, 6.45) is 17.0. The molecule has 0 spiro atoms. The van der Waals surface area contributed by atoms with E-state index in [1.54, 1.807) is 5.57 Å². The SMILES string of the molecule is C=CC[C@]1(O)CC[C@@H]2[C@@H]3CCC4=CCCC[C@@H]4[C@@H]3CC[C@@]21C. The summed E-state index contributed by atoms with van der Waals surface area (Å²) in [5, 5.41) is 11.3. The third kappa shape index (κ3) is 1.94. The molecule has 0 unspecified atom stereocenters. The van der Waals surface area contributed by atoms with Crippen LogP contribution in [-0.2, 0) is 0 Å². The van der Waals surface area contributed by atoms with Crippen molar-refractivity contribution in [1.82, 2.24) is 0 Å². The van der Waals surface area contributed by atoms with Crippen LogP contribution in [0.5, 0.6) is 0 Å². The van der Waals surface area contributed by atoms with Crippen molar-refractivity contribution in [3.63, 3.8) is 0 Å². The molecule has 3 saturated carbocycles. The van der Waals surface area contributed by atoms with Gasteiger partial charge in [0.05, 0.1) is 5.60 Å². The zero-order chi connectivity index (χ0) is 15.4. The van der Waals surface area contributed by atoms with Crippen LogP contribution < -0.4 is 0 Å². The van der Waals surface area contributed by atoms with Crippen molar-refractivity contribution < 1.29 is 5.11 Å². The number of allylic oxidation sites excluding steroid dienone is 2. The van der Waals surface area contributed by atoms with Crippen LogP contribution in [0.3, 0.4) is 0 Å². The Bertz CT molecular complexity index is 492. The summed E-state index contributed by atoms with van der Waals surface area (Å²) in [4.78, 5) is 0. The van der Waals surface area contributed by atoms with E-state index in [0.717, 1.165) is 36.5 Å². The Kier molecular flexibility index (Phi) is 3.56. The maximum absolute atomic E-state index is 11.3. The van der Waals surface area contributed by atoms with Crippen LogP contribution in [0.1, 0.15) is 71.1 Å². The first kappa shape index (κ1) is 15.0. The average molecular weight is 300 g/mol. The molecular formula is C21H32O. The fourth-order valence-corrected chi connectivity index (χ4v) is 6.99. The van der Waals surface area contributed by atoms with Gasteiger partial charge in [0.15, 0.2) is 0 Å². The quantitative estimate of drug-likeness (QED) is 0.690. The molecule has 4 aliphatic rings. The molecule has 22 heavy (non-hydrogen) atoms. The molecule has 3 fully saturated rings. The van der Waals surface area contributed by atoms with Gasteiger partial charge in [-0.3, -0.25) is 0 Å². The van der Waals surface area contributed by atoms with Gasteiger partial charge in [-0.25, -0.2) is 0 Å². The maximum atomic E-state index is 11.3. The van der Waals surface area contributed by atoms with E-state index in [0.29, 0.717) is 0 Å². The summed E-state index contributed by atoms with van der Waals surface area (Å²) in [6, 6.07) is 0. The highest BCUT2D eigenvalue weighted by Gasteiger charge is 2.61. The Morgan fingerprint density at radius 2 is 2.09 bits per heavy atom. The summed E-state index contributed by atoms with van der Waals surface area (Å²) < 4.78 is 0. The lowest BCUT2D eigenvalue weighted by Gasteiger charge is -2.55. The van der Waals surface area contributed by atoms with E-state index in [-0.39, 0.29) is 5.41 Å². The second-order valence-electron chi connectivity index (χ2n) is 8.81. The van der Waals surface area contributed by atoms with Crippen molar-refractivity contribution in [3.8, 4) is 0 Å². The minimum Gasteiger partial charge on any atom is -0.389 e. The second kappa shape index (κ2) is 5.23. The van der Waals surface area contributed by atoms with Gasteiger partial charge in [-0.05, 0) is 93.3 Å². The molecule has 1 heteroatoms. The maximum Gasteiger partial charge on any atom is 0.0738 e. The zero-order valence-corrected chi connectivity index (χ0v) is 14.2. The molecule has 4 rings (SSSR count). The largest absolute Gasteiger partial charge is 0.389 e. The molecule has 1 nitrogen and oxygen atoms in total. The van der Waals surface area contributed by atoms with E-state index in [4.69, 9.17) is 0 Å². The molecule has 122 valence electrons. The molecule has 0 aromatic heterocycles. The normalized spacial score (nSPS) is 50.5. The number of hydrogen-bond donors (Lipinski definition) is 1. The summed E-state index contributed by atoms with van der Waals surface area (Å²) in [6.45, 7) is 6.31. The van der Waals surface area contributed by atoms with E-state index in [1.165, 1.54) is 51.4 Å². The summed E-state index contributed by atoms with van der Waals surface area (Å²) in [7, 11) is 0. The van der Waals surface area contributed by atoms with Crippen LogP contribution in [0.15, 0.2) is 24.3 Å². The van der Waals surface area contributed by atoms with Crippen LogP contribution in [0.25, 0.3) is 0 Å². The summed E-state index contributed by atoms with van der Waals surface area (Å²) in [5.74, 6) is 3.44. The van der Waals surface area contributed by atoms with Crippen LogP contribution >= 0.6 is 0 Å². The minimum atomic E-state index is -0.479. The lowest BCUT2D eigenvalue weighted by molar-refractivity contribution is -0.115. The van der Waals surface area contributed by atoms with Crippen LogP contribution in [0.2, 0.25) is 0 Å². The molecule has 6 atom stereocenters. The highest BCUT2D eigenvalue weighted by Crippen LogP contribution is 2.65. The van der Waals surface area contributed by atoms with Gasteiger partial charge in [0.2, 0.25) is 0 Å². The van der Waals surface area contributed by atoms with Crippen LogP contribution in [0.4, 0.5) is 0 Å². The van der Waals surface area contributed by atoms with Gasteiger partial charge in [-0.2, -0.15) is 0 Å². The second-order valence-corrected chi connectivity index (χ2v) is 8.81. The van der Waals surface area contributed by atoms with Gasteiger partial charge in [0.25, 0.3) is 0 Å². The molecule has 1 N–H and O–H groups in total. The Labute approximate surface area is 135 Å². The Morgan fingerprint density at radius 3 is 2.91 bits per heavy atom. The van der Waals surface area contributed by atoms with Crippen molar-refractivity contribution >= 4 is 0 Å². The van der Waals surface area contributed by atoms with E-state index in [9.17, 15) is 5.11 Å². The fraction of sp³-hybridized carbons (Fsp3) is 0.810. The van der Waals surface area contributed by atoms with Crippen molar-refractivity contribution in [2.75, 3.05) is 0 Å². The average Bonchev–Trinajstić information content (AvgIpc) is 2.79. The van der Waals surface area contributed by atoms with E-state index < -0.39 is 5.60 Å². The summed E-state index contributed by atoms with van der Waals surface area (Å²) in [5.41, 5.74) is 1.46. The molecular weight excluding hydrogens is 268 g/mol. The van der Waals surface area contributed by atoms with Crippen LogP contribution in [0, 0.1) is 29.1 Å². The number of rotatable bonds is 2. The summed E-state index contributed by atoms with van der Waals surface area (Å²) >= 11 is 0. The third-order valence-electron chi connectivity index (χ3n) is 8.18. The molecule has 0 aromatic rings. The first-order chi connectivity index (χ1) is 10.6. The molecule has 0 heterocycles. The van der Waals surface area contributed by atoms with E-state index in [1.807, 2.05) is 6.08 Å². The first-order valence-corrected chi connectivity index (χ1v) is 9.61. The number of aliphatic hydroxyl groups is 1. The van der Waals surface area contributed by atoms with Gasteiger partial charge in [-0.1, -0.05) is 24.6 Å². The van der Waals surface area contributed by atoms with Crippen molar-refractivity contribution in [1.29, 1.82) is 0 Å². The monoisotopic (exact) mass is 300 g/mol. The lowest BCUT2D eigenvalue weighted by atomic mass is 9.50. The molecule has 0 saturated heterocycles. The third-order valence-corrected chi connectivity index (χ3v) is 8.18. The first-order valence-electron chi connectivity index (χ1n) is 9.61. The minimum absolute atomic E-state index is 0.137. The van der Waals surface area contributed by atoms with Gasteiger partial charge < -0.3 is 5.11 Å². The van der Waals surface area contributed by atoms with E-state index in [2.05, 4.69) is 19.6 Å². The highest BCUT2D eigenvalue weighted by molar-refractivity contribution is 5.20. The van der Waals surface area contributed by atoms with Crippen LogP contribution in [-0.4, -0.2) is 10.7 Å². The predicted molar refractivity (Wildman–Crippen MR) is 91.5 cm³/mol. The number of fused-ring (bicyclic) bond motifs is 5. The van der Waals surface area contributed by atoms with Gasteiger partial charge in [0.1, 0.15) is 0 Å². The molecule has 0 radical (unpaired) electrons. The van der Waals surface area contributed by atoms with Gasteiger partial charge >= 0.3 is 0 Å². The standard InChI is InChI=1S/C21H32O/c1-3-12-21(22)14-11-19-18-9-8-15-6-4-5-7-16(15)17(18)10-13-20(19,21)2/h3,6,16-19,22H,1,4-5,7-14H2,2H3/t16-,17-,18+,19+,20-,21-/m0/s1. The topological polar surface area (TPSA) is 20.2 Å². The highest BCUT2D eigenvalue weighted by atomic mass is 16.3. The predicted octanol–water partition coefficient (Wildman–Crippen LogP) is 5.26. The zero-order valence-electron chi connectivity index (χ0n) is 14.2. The van der Waals surface area contributed by atoms with Crippen molar-refractivity contribution in [2.45, 2.75) is 76.7 Å². The fourth-order valence-electron chi connectivity index (χ4n) is 6.99. The molecule has 0 aliphatic heterocycles. The van der Waals surface area contributed by atoms with E-state index >= 15 is 0 Å². The van der Waals surface area contributed by atoms with Crippen molar-refractivity contribution in [2.24, 2.45) is 29.1 Å². The molecule has 4 aliphatic carbocycles. The smallest absolute Gasteiger partial charge is 0.0738 e. The Morgan fingerprint density at radius 1 is 1.23 bits per heavy atom. The Hall–Kier alpha value is -0.560. The molecule has 0 bridgehead atoms.